The molecule has 0 aliphatic carbocycles. The lowest BCUT2D eigenvalue weighted by Crippen LogP contribution is -1.99. The third kappa shape index (κ3) is 5.60. The van der Waals surface area contributed by atoms with Crippen molar-refractivity contribution in [3.63, 3.8) is 0 Å². The number of aryl methyl sites for hydroxylation is 1. The number of nitrogen functional groups attached to an aromatic ring is 1. The van der Waals surface area contributed by atoms with Crippen LogP contribution >= 0.6 is 0 Å². The van der Waals surface area contributed by atoms with Crippen molar-refractivity contribution in [2.24, 2.45) is 0 Å². The van der Waals surface area contributed by atoms with Crippen LogP contribution < -0.4 is 5.73 Å². The minimum atomic E-state index is -4.10. The van der Waals surface area contributed by atoms with Gasteiger partial charge in [0, 0.05) is 5.69 Å². The lowest BCUT2D eigenvalue weighted by Gasteiger charge is -2.01. The lowest BCUT2D eigenvalue weighted by atomic mass is 10.2. The first-order chi connectivity index (χ1) is 5.41. The average molecular weight is 259 g/mol. The molecular formula is C7H17NO7S. The summed E-state index contributed by atoms with van der Waals surface area (Å²) in [6, 6.07) is 4.03. The van der Waals surface area contributed by atoms with Crippen LogP contribution in [-0.4, -0.2) is 34.9 Å². The molecule has 8 nitrogen and oxygen atoms in total. The Kier molecular flexibility index (Phi) is 12.0. The molecule has 0 aromatic heterocycles. The Bertz CT molecular complexity index is 403. The molecule has 0 bridgehead atoms. The van der Waals surface area contributed by atoms with Crippen molar-refractivity contribution in [1.29, 1.82) is 0 Å². The zero-order valence-electron chi connectivity index (χ0n) is 8.48. The summed E-state index contributed by atoms with van der Waals surface area (Å²) in [7, 11) is -4.10. The smallest absolute Gasteiger partial charge is 0.294 e. The molecule has 1 aromatic rings. The van der Waals surface area contributed by atoms with Gasteiger partial charge in [-0.3, -0.25) is 4.55 Å². The third-order valence-corrected chi connectivity index (χ3v) is 2.39. The Morgan fingerprint density at radius 3 is 1.88 bits per heavy atom. The fraction of sp³-hybridized carbons (Fsp3) is 0.143. The molecule has 1 rings (SSSR count). The van der Waals surface area contributed by atoms with E-state index in [0.717, 1.165) is 0 Å². The van der Waals surface area contributed by atoms with Gasteiger partial charge in [0.05, 0.1) is 4.90 Å². The maximum Gasteiger partial charge on any atom is 0.294 e. The van der Waals surface area contributed by atoms with Crippen LogP contribution in [0.15, 0.2) is 23.1 Å². The van der Waals surface area contributed by atoms with Gasteiger partial charge in [0.25, 0.3) is 10.1 Å². The highest BCUT2D eigenvalue weighted by molar-refractivity contribution is 7.85. The van der Waals surface area contributed by atoms with E-state index in [2.05, 4.69) is 0 Å². The fourth-order valence-electron chi connectivity index (χ4n) is 0.809. The molecule has 0 radical (unpaired) electrons. The van der Waals surface area contributed by atoms with E-state index in [0.29, 0.717) is 11.3 Å². The third-order valence-electron chi connectivity index (χ3n) is 1.54. The average Bonchev–Trinajstić information content (AvgIpc) is 1.92. The second kappa shape index (κ2) is 7.98. The predicted molar refractivity (Wildman–Crippen MR) is 59.9 cm³/mol. The summed E-state index contributed by atoms with van der Waals surface area (Å²) in [6.07, 6.45) is 0. The van der Waals surface area contributed by atoms with E-state index >= 15 is 0 Å². The Morgan fingerprint density at radius 1 is 1.12 bits per heavy atom. The number of hydrogen-bond acceptors (Lipinski definition) is 3. The molecule has 0 aliphatic heterocycles. The van der Waals surface area contributed by atoms with Crippen LogP contribution in [0.2, 0.25) is 0 Å². The fourth-order valence-corrected chi connectivity index (χ4v) is 1.37. The zero-order valence-corrected chi connectivity index (χ0v) is 9.30. The first kappa shape index (κ1) is 24.1. The molecule has 1 aromatic carbocycles. The molecule has 98 valence electrons. The highest BCUT2D eigenvalue weighted by Gasteiger charge is 2.09. The van der Waals surface area contributed by atoms with Gasteiger partial charge in [0.1, 0.15) is 0 Å². The summed E-state index contributed by atoms with van der Waals surface area (Å²) < 4.78 is 29.9. The van der Waals surface area contributed by atoms with E-state index < -0.39 is 10.1 Å². The number of anilines is 1. The highest BCUT2D eigenvalue weighted by Crippen LogP contribution is 2.15. The van der Waals surface area contributed by atoms with Crippen molar-refractivity contribution in [2.45, 2.75) is 11.8 Å². The normalized spacial score (nSPS) is 8.62. The van der Waals surface area contributed by atoms with Gasteiger partial charge in [-0.05, 0) is 30.7 Å². The van der Waals surface area contributed by atoms with Gasteiger partial charge in [-0.1, -0.05) is 0 Å². The van der Waals surface area contributed by atoms with Crippen molar-refractivity contribution < 1.29 is 34.9 Å². The quantitative estimate of drug-likeness (QED) is 0.414. The molecule has 11 N–H and O–H groups in total. The maximum atomic E-state index is 10.6. The van der Waals surface area contributed by atoms with Crippen LogP contribution in [0, 0.1) is 6.92 Å². The van der Waals surface area contributed by atoms with Gasteiger partial charge >= 0.3 is 0 Å². The Morgan fingerprint density at radius 2 is 1.56 bits per heavy atom. The van der Waals surface area contributed by atoms with Crippen molar-refractivity contribution in [3.8, 4) is 0 Å². The van der Waals surface area contributed by atoms with Crippen LogP contribution in [-0.2, 0) is 10.1 Å². The summed E-state index contributed by atoms with van der Waals surface area (Å²) in [5.41, 5.74) is 6.59. The number of nitrogens with two attached hydrogens (primary N) is 1. The topological polar surface area (TPSA) is 206 Å². The molecule has 0 aliphatic rings. The first-order valence-electron chi connectivity index (χ1n) is 3.25. The van der Waals surface area contributed by atoms with Gasteiger partial charge in [0.2, 0.25) is 0 Å². The molecule has 0 heterocycles. The monoisotopic (exact) mass is 259 g/mol. The first-order valence-corrected chi connectivity index (χ1v) is 4.69. The largest absolute Gasteiger partial charge is 0.412 e. The SMILES string of the molecule is Cc1cc(S(=O)(=O)O)ccc1N.O.O.O.O. The number of rotatable bonds is 1. The molecule has 9 heteroatoms. The van der Waals surface area contributed by atoms with Crippen molar-refractivity contribution in [3.05, 3.63) is 23.8 Å². The van der Waals surface area contributed by atoms with Gasteiger partial charge < -0.3 is 27.6 Å². The number of hydrogen-bond donors (Lipinski definition) is 2. The van der Waals surface area contributed by atoms with Crippen LogP contribution in [0.1, 0.15) is 5.56 Å². The molecule has 0 spiro atoms. The van der Waals surface area contributed by atoms with Crippen LogP contribution in [0.4, 0.5) is 5.69 Å². The van der Waals surface area contributed by atoms with E-state index in [4.69, 9.17) is 10.3 Å². The molecule has 0 atom stereocenters. The standard InChI is InChI=1S/C7H9NO3S.4H2O/c1-5-4-6(12(9,10)11)2-3-7(5)8;;;;/h2-4H,8H2,1H3,(H,9,10,11);4*1H2. The summed E-state index contributed by atoms with van der Waals surface area (Å²) in [5, 5.41) is 0. The highest BCUT2D eigenvalue weighted by atomic mass is 32.2. The summed E-state index contributed by atoms with van der Waals surface area (Å²) in [4.78, 5) is -0.130. The molecule has 0 amide bonds. The Balaban J connectivity index is -0.000000180. The second-order valence-corrected chi connectivity index (χ2v) is 3.91. The Hall–Kier alpha value is -1.23. The van der Waals surface area contributed by atoms with Crippen LogP contribution in [0.3, 0.4) is 0 Å². The van der Waals surface area contributed by atoms with Crippen LogP contribution in [0.25, 0.3) is 0 Å². The molecule has 0 unspecified atom stereocenters. The number of benzene rings is 1. The molecule has 0 fully saturated rings. The second-order valence-electron chi connectivity index (χ2n) is 2.49. The van der Waals surface area contributed by atoms with Crippen molar-refractivity contribution in [1.82, 2.24) is 0 Å². The van der Waals surface area contributed by atoms with Gasteiger partial charge in [0.15, 0.2) is 0 Å². The van der Waals surface area contributed by atoms with E-state index in [1.54, 1.807) is 6.92 Å². The predicted octanol–water partition coefficient (Wildman–Crippen LogP) is -2.47. The van der Waals surface area contributed by atoms with E-state index in [-0.39, 0.29) is 26.8 Å². The van der Waals surface area contributed by atoms with Gasteiger partial charge in [-0.2, -0.15) is 8.42 Å². The van der Waals surface area contributed by atoms with Crippen LogP contribution in [0.5, 0.6) is 0 Å². The van der Waals surface area contributed by atoms with Gasteiger partial charge in [-0.15, -0.1) is 0 Å². The molecule has 0 saturated heterocycles. The van der Waals surface area contributed by atoms with E-state index in [1.165, 1.54) is 18.2 Å². The Labute approximate surface area is 92.7 Å². The maximum absolute atomic E-state index is 10.6. The summed E-state index contributed by atoms with van der Waals surface area (Å²) >= 11 is 0. The van der Waals surface area contributed by atoms with E-state index in [1.807, 2.05) is 0 Å². The zero-order chi connectivity index (χ0) is 9.35. The molecule has 16 heavy (non-hydrogen) atoms. The summed E-state index contributed by atoms with van der Waals surface area (Å²) in [5.74, 6) is 0. The van der Waals surface area contributed by atoms with Crippen molar-refractivity contribution >= 4 is 15.8 Å². The molecular weight excluding hydrogens is 242 g/mol. The van der Waals surface area contributed by atoms with Gasteiger partial charge in [-0.25, -0.2) is 0 Å². The minimum absolute atomic E-state index is 0. The summed E-state index contributed by atoms with van der Waals surface area (Å²) in [6.45, 7) is 1.67. The van der Waals surface area contributed by atoms with E-state index in [9.17, 15) is 8.42 Å². The minimum Gasteiger partial charge on any atom is -0.412 e. The van der Waals surface area contributed by atoms with Crippen molar-refractivity contribution in [2.75, 3.05) is 5.73 Å². The molecule has 0 saturated carbocycles. The lowest BCUT2D eigenvalue weighted by molar-refractivity contribution is 0.483.